The quantitative estimate of drug-likeness (QED) is 0.624. The molecule has 0 bridgehead atoms. The molecule has 0 aliphatic rings. The van der Waals surface area contributed by atoms with Gasteiger partial charge in [0.15, 0.2) is 6.10 Å². The van der Waals surface area contributed by atoms with Crippen molar-refractivity contribution in [2.75, 3.05) is 6.61 Å². The Morgan fingerprint density at radius 3 is 2.68 bits per heavy atom. The van der Waals surface area contributed by atoms with Crippen LogP contribution in [0.2, 0.25) is 10.0 Å². The van der Waals surface area contributed by atoms with Gasteiger partial charge in [0.05, 0.1) is 11.6 Å². The maximum absolute atomic E-state index is 11.6. The summed E-state index contributed by atoms with van der Waals surface area (Å²) in [7, 11) is 0. The molecule has 0 unspecified atom stereocenters. The average Bonchev–Trinajstić information content (AvgIpc) is 2.47. The first-order chi connectivity index (χ1) is 10.3. The number of hydrogen-bond acceptors (Lipinski definition) is 5. The van der Waals surface area contributed by atoms with Gasteiger partial charge in [0.2, 0.25) is 0 Å². The van der Waals surface area contributed by atoms with Gasteiger partial charge in [-0.15, -0.1) is 0 Å². The third-order valence-corrected chi connectivity index (χ3v) is 3.80. The lowest BCUT2D eigenvalue weighted by molar-refractivity contribution is -0.150. The highest BCUT2D eigenvalue weighted by Crippen LogP contribution is 2.33. The summed E-state index contributed by atoms with van der Waals surface area (Å²) in [6, 6.07) is 3.03. The maximum atomic E-state index is 11.6. The average molecular weight is 345 g/mol. The van der Waals surface area contributed by atoms with Crippen molar-refractivity contribution in [1.82, 2.24) is 0 Å². The minimum Gasteiger partial charge on any atom is -0.477 e. The molecule has 0 N–H and O–H groups in total. The van der Waals surface area contributed by atoms with E-state index in [2.05, 4.69) is 0 Å². The van der Waals surface area contributed by atoms with E-state index in [0.29, 0.717) is 10.9 Å². The van der Waals surface area contributed by atoms with Crippen LogP contribution in [-0.2, 0) is 9.53 Å². The van der Waals surface area contributed by atoms with E-state index in [4.69, 9.17) is 37.1 Å². The molecule has 0 saturated heterocycles. The van der Waals surface area contributed by atoms with E-state index in [1.807, 2.05) is 0 Å². The summed E-state index contributed by atoms with van der Waals surface area (Å²) in [5.41, 5.74) is 0.209. The number of aryl methyl sites for hydroxylation is 1. The van der Waals surface area contributed by atoms with Crippen LogP contribution in [0, 0.1) is 6.92 Å². The van der Waals surface area contributed by atoms with Gasteiger partial charge in [-0.25, -0.2) is 9.59 Å². The topological polar surface area (TPSA) is 65.7 Å². The predicted octanol–water partition coefficient (Wildman–Crippen LogP) is 3.74. The molecule has 1 aromatic carbocycles. The molecule has 0 radical (unpaired) electrons. The van der Waals surface area contributed by atoms with Gasteiger partial charge in [-0.3, -0.25) is 0 Å². The second kappa shape index (κ2) is 6.58. The second-order valence-corrected chi connectivity index (χ2v) is 5.40. The highest BCUT2D eigenvalue weighted by molar-refractivity contribution is 6.34. The van der Waals surface area contributed by atoms with Gasteiger partial charge >= 0.3 is 11.6 Å². The van der Waals surface area contributed by atoms with Gasteiger partial charge in [-0.2, -0.15) is 0 Å². The summed E-state index contributed by atoms with van der Waals surface area (Å²) >= 11 is 12.0. The number of carbonyl (C=O) groups excluding carboxylic acids is 1. The van der Waals surface area contributed by atoms with E-state index in [-0.39, 0.29) is 28.0 Å². The SMILES string of the molecule is CCOC(=O)[C@H](C)Oc1cc2oc(=O)c(Cl)c(C)c2cc1Cl. The Hall–Kier alpha value is -1.72. The molecule has 0 amide bonds. The van der Waals surface area contributed by atoms with Crippen LogP contribution in [0.5, 0.6) is 5.75 Å². The molecule has 0 aliphatic carbocycles. The molecule has 0 saturated carbocycles. The lowest BCUT2D eigenvalue weighted by Gasteiger charge is -2.15. The van der Waals surface area contributed by atoms with Crippen molar-refractivity contribution in [3.05, 3.63) is 38.2 Å². The van der Waals surface area contributed by atoms with E-state index in [0.717, 1.165) is 0 Å². The summed E-state index contributed by atoms with van der Waals surface area (Å²) in [6.45, 7) is 5.20. The second-order valence-electron chi connectivity index (χ2n) is 4.62. The Bertz CT molecular complexity index is 782. The first-order valence-corrected chi connectivity index (χ1v) is 7.36. The normalized spacial score (nSPS) is 12.2. The standard InChI is InChI=1S/C15H14Cl2O5/c1-4-20-14(18)8(3)21-12-6-11-9(5-10(12)16)7(2)13(17)15(19)22-11/h5-6,8H,4H2,1-3H3/t8-/m0/s1. The Morgan fingerprint density at radius 2 is 2.05 bits per heavy atom. The van der Waals surface area contributed by atoms with Crippen molar-refractivity contribution in [3.63, 3.8) is 0 Å². The summed E-state index contributed by atoms with van der Waals surface area (Å²) in [6.07, 6.45) is -0.838. The molecule has 7 heteroatoms. The number of hydrogen-bond donors (Lipinski definition) is 0. The molecule has 1 atom stereocenters. The fraction of sp³-hybridized carbons (Fsp3) is 0.333. The van der Waals surface area contributed by atoms with Crippen molar-refractivity contribution in [1.29, 1.82) is 0 Å². The first kappa shape index (κ1) is 16.6. The zero-order valence-corrected chi connectivity index (χ0v) is 13.7. The molecule has 1 heterocycles. The largest absolute Gasteiger partial charge is 0.477 e. The lowest BCUT2D eigenvalue weighted by Crippen LogP contribution is -2.26. The molecular weight excluding hydrogens is 331 g/mol. The molecule has 22 heavy (non-hydrogen) atoms. The van der Waals surface area contributed by atoms with E-state index < -0.39 is 17.7 Å². The number of fused-ring (bicyclic) bond motifs is 1. The third kappa shape index (κ3) is 3.20. The van der Waals surface area contributed by atoms with Crippen LogP contribution in [0.1, 0.15) is 19.4 Å². The van der Waals surface area contributed by atoms with Crippen LogP contribution in [0.4, 0.5) is 0 Å². The van der Waals surface area contributed by atoms with Gasteiger partial charge in [0, 0.05) is 11.5 Å². The van der Waals surface area contributed by atoms with Gasteiger partial charge in [0.1, 0.15) is 16.4 Å². The number of carbonyl (C=O) groups is 1. The zero-order chi connectivity index (χ0) is 16.4. The van der Waals surface area contributed by atoms with Crippen molar-refractivity contribution >= 4 is 40.1 Å². The van der Waals surface area contributed by atoms with Crippen LogP contribution < -0.4 is 10.4 Å². The molecule has 2 aromatic rings. The van der Waals surface area contributed by atoms with Crippen molar-refractivity contribution in [3.8, 4) is 5.75 Å². The minimum absolute atomic E-state index is 0.0112. The van der Waals surface area contributed by atoms with Gasteiger partial charge in [-0.05, 0) is 32.4 Å². The highest BCUT2D eigenvalue weighted by Gasteiger charge is 2.19. The smallest absolute Gasteiger partial charge is 0.355 e. The first-order valence-electron chi connectivity index (χ1n) is 6.60. The monoisotopic (exact) mass is 344 g/mol. The molecule has 0 aliphatic heterocycles. The van der Waals surface area contributed by atoms with Gasteiger partial charge in [-0.1, -0.05) is 23.2 Å². The summed E-state index contributed by atoms with van der Waals surface area (Å²) in [5, 5.41) is 0.888. The van der Waals surface area contributed by atoms with E-state index in [1.54, 1.807) is 26.8 Å². The van der Waals surface area contributed by atoms with Crippen LogP contribution in [0.3, 0.4) is 0 Å². The molecular formula is C15H14Cl2O5. The minimum atomic E-state index is -0.838. The molecule has 0 spiro atoms. The van der Waals surface area contributed by atoms with Crippen LogP contribution >= 0.6 is 23.2 Å². The van der Waals surface area contributed by atoms with Crippen molar-refractivity contribution < 1.29 is 18.7 Å². The van der Waals surface area contributed by atoms with Crippen LogP contribution in [0.15, 0.2) is 21.3 Å². The lowest BCUT2D eigenvalue weighted by atomic mass is 10.1. The molecule has 5 nitrogen and oxygen atoms in total. The van der Waals surface area contributed by atoms with Crippen molar-refractivity contribution in [2.24, 2.45) is 0 Å². The summed E-state index contributed by atoms with van der Waals surface area (Å²) in [5.74, 6) is -0.285. The maximum Gasteiger partial charge on any atom is 0.355 e. The third-order valence-electron chi connectivity index (χ3n) is 3.07. The van der Waals surface area contributed by atoms with Crippen LogP contribution in [-0.4, -0.2) is 18.7 Å². The fourth-order valence-electron chi connectivity index (χ4n) is 1.92. The number of halogens is 2. The number of benzene rings is 1. The van der Waals surface area contributed by atoms with Crippen molar-refractivity contribution in [2.45, 2.75) is 26.9 Å². The molecule has 1 aromatic heterocycles. The Kier molecular flexibility index (Phi) is 4.98. The number of ether oxygens (including phenoxy) is 2. The number of esters is 1. The summed E-state index contributed by atoms with van der Waals surface area (Å²) < 4.78 is 15.5. The molecule has 118 valence electrons. The van der Waals surface area contributed by atoms with Gasteiger partial charge < -0.3 is 13.9 Å². The molecule has 2 rings (SSSR count). The van der Waals surface area contributed by atoms with Gasteiger partial charge in [0.25, 0.3) is 0 Å². The Morgan fingerprint density at radius 1 is 1.36 bits per heavy atom. The highest BCUT2D eigenvalue weighted by atomic mass is 35.5. The van der Waals surface area contributed by atoms with E-state index >= 15 is 0 Å². The summed E-state index contributed by atoms with van der Waals surface area (Å²) in [4.78, 5) is 23.2. The van der Waals surface area contributed by atoms with E-state index in [1.165, 1.54) is 6.07 Å². The fourth-order valence-corrected chi connectivity index (χ4v) is 2.27. The number of rotatable bonds is 4. The van der Waals surface area contributed by atoms with E-state index in [9.17, 15) is 9.59 Å². The Balaban J connectivity index is 2.44. The zero-order valence-electron chi connectivity index (χ0n) is 12.2. The Labute approximate surface area is 136 Å². The predicted molar refractivity (Wildman–Crippen MR) is 84.0 cm³/mol. The van der Waals surface area contributed by atoms with Crippen LogP contribution in [0.25, 0.3) is 11.0 Å². The molecule has 0 fully saturated rings.